The molecule has 29 heavy (non-hydrogen) atoms. The summed E-state index contributed by atoms with van der Waals surface area (Å²) in [4.78, 5) is 13.1. The summed E-state index contributed by atoms with van der Waals surface area (Å²) in [5.41, 5.74) is -2.76. The zero-order valence-corrected chi connectivity index (χ0v) is 16.3. The minimum atomic E-state index is -2.66. The average molecular weight is 402 g/mol. The third-order valence-corrected chi connectivity index (χ3v) is 6.31. The normalized spacial score (nSPS) is 25.1. The number of carbonyl (C=O) groups excluding carboxylic acids is 1. The van der Waals surface area contributed by atoms with Gasteiger partial charge in [-0.2, -0.15) is 0 Å². The van der Waals surface area contributed by atoms with Gasteiger partial charge in [-0.15, -0.1) is 0 Å². The van der Waals surface area contributed by atoms with Crippen LogP contribution < -0.4 is 0 Å². The SMILES string of the molecule is C[N+]1(C)C2C=C[C@@H]1CC(OC(=O)C(F)(c1ccc(F)cc1)c1ccc(F)cc1)C2. The lowest BCUT2D eigenvalue weighted by atomic mass is 9.87. The van der Waals surface area contributed by atoms with E-state index < -0.39 is 29.4 Å². The smallest absolute Gasteiger partial charge is 0.353 e. The molecular formula is C23H23F3NO2+. The number of fused-ring (bicyclic) bond motifs is 2. The molecule has 4 rings (SSSR count). The molecule has 2 aromatic rings. The molecule has 2 unspecified atom stereocenters. The minimum absolute atomic E-state index is 0.0523. The summed E-state index contributed by atoms with van der Waals surface area (Å²) in [5, 5.41) is 0. The van der Waals surface area contributed by atoms with Crippen molar-refractivity contribution in [1.82, 2.24) is 0 Å². The maximum atomic E-state index is 16.3. The fourth-order valence-corrected chi connectivity index (χ4v) is 4.37. The van der Waals surface area contributed by atoms with Crippen LogP contribution in [0.5, 0.6) is 0 Å². The summed E-state index contributed by atoms with van der Waals surface area (Å²) in [7, 11) is 4.26. The lowest BCUT2D eigenvalue weighted by Crippen LogP contribution is -2.57. The first-order chi connectivity index (χ1) is 13.7. The zero-order valence-electron chi connectivity index (χ0n) is 16.3. The van der Waals surface area contributed by atoms with E-state index in [1.807, 2.05) is 0 Å². The predicted molar refractivity (Wildman–Crippen MR) is 103 cm³/mol. The number of benzene rings is 2. The Kier molecular flexibility index (Phi) is 4.77. The summed E-state index contributed by atoms with van der Waals surface area (Å²) >= 11 is 0. The molecule has 1 fully saturated rings. The van der Waals surface area contributed by atoms with Crippen molar-refractivity contribution in [2.45, 2.75) is 36.7 Å². The predicted octanol–water partition coefficient (Wildman–Crippen LogP) is 4.27. The van der Waals surface area contributed by atoms with E-state index in [-0.39, 0.29) is 23.2 Å². The number of esters is 1. The van der Waals surface area contributed by atoms with Crippen molar-refractivity contribution in [3.8, 4) is 0 Å². The molecule has 0 saturated carbocycles. The highest BCUT2D eigenvalue weighted by atomic mass is 19.1. The van der Waals surface area contributed by atoms with Crippen molar-refractivity contribution >= 4 is 5.97 Å². The molecule has 2 bridgehead atoms. The molecule has 3 atom stereocenters. The van der Waals surface area contributed by atoms with Gasteiger partial charge in [-0.25, -0.2) is 18.0 Å². The number of hydrogen-bond donors (Lipinski definition) is 0. The highest BCUT2D eigenvalue weighted by Gasteiger charge is 2.50. The van der Waals surface area contributed by atoms with E-state index in [0.717, 1.165) is 28.7 Å². The molecule has 152 valence electrons. The maximum Gasteiger partial charge on any atom is 0.353 e. The zero-order chi connectivity index (χ0) is 20.8. The van der Waals surface area contributed by atoms with Crippen molar-refractivity contribution in [3.63, 3.8) is 0 Å². The number of hydrogen-bond acceptors (Lipinski definition) is 2. The molecule has 6 heteroatoms. The van der Waals surface area contributed by atoms with Gasteiger partial charge in [0, 0.05) is 24.0 Å². The molecule has 2 aliphatic rings. The van der Waals surface area contributed by atoms with Gasteiger partial charge in [0.05, 0.1) is 14.1 Å². The molecule has 0 radical (unpaired) electrons. The van der Waals surface area contributed by atoms with Crippen LogP contribution in [0, 0.1) is 11.6 Å². The second-order valence-electron chi connectivity index (χ2n) is 8.32. The van der Waals surface area contributed by atoms with Crippen molar-refractivity contribution in [3.05, 3.63) is 83.4 Å². The van der Waals surface area contributed by atoms with Crippen molar-refractivity contribution in [1.29, 1.82) is 0 Å². The molecule has 0 aromatic heterocycles. The van der Waals surface area contributed by atoms with Gasteiger partial charge in [-0.1, -0.05) is 24.3 Å². The Balaban J connectivity index is 1.64. The summed E-state index contributed by atoms with van der Waals surface area (Å²) in [5.74, 6) is -2.15. The fraction of sp³-hybridized carbons (Fsp3) is 0.348. The highest BCUT2D eigenvalue weighted by molar-refractivity contribution is 5.85. The third-order valence-electron chi connectivity index (χ3n) is 6.31. The van der Waals surface area contributed by atoms with E-state index in [4.69, 9.17) is 4.74 Å². The first-order valence-electron chi connectivity index (χ1n) is 9.65. The number of halogens is 3. The summed E-state index contributed by atoms with van der Waals surface area (Å²) in [6, 6.07) is 9.62. The molecule has 2 heterocycles. The van der Waals surface area contributed by atoms with Gasteiger partial charge in [0.15, 0.2) is 0 Å². The second-order valence-corrected chi connectivity index (χ2v) is 8.32. The van der Waals surface area contributed by atoms with E-state index in [1.54, 1.807) is 0 Å². The van der Waals surface area contributed by atoms with Crippen LogP contribution in [0.4, 0.5) is 13.2 Å². The Morgan fingerprint density at radius 1 is 0.897 bits per heavy atom. The molecule has 1 saturated heterocycles. The molecule has 3 nitrogen and oxygen atoms in total. The quantitative estimate of drug-likeness (QED) is 0.434. The van der Waals surface area contributed by atoms with Crippen molar-refractivity contribution < 1.29 is 27.2 Å². The topological polar surface area (TPSA) is 26.3 Å². The molecule has 0 aliphatic carbocycles. The maximum absolute atomic E-state index is 16.3. The Morgan fingerprint density at radius 3 is 1.72 bits per heavy atom. The van der Waals surface area contributed by atoms with Gasteiger partial charge in [0.1, 0.15) is 29.8 Å². The summed E-state index contributed by atoms with van der Waals surface area (Å²) in [6.07, 6.45) is 5.04. The van der Waals surface area contributed by atoms with E-state index in [1.165, 1.54) is 24.3 Å². The number of rotatable bonds is 4. The summed E-state index contributed by atoms with van der Waals surface area (Å²) in [6.45, 7) is 0. The summed E-state index contributed by atoms with van der Waals surface area (Å²) < 4.78 is 49.5. The largest absolute Gasteiger partial charge is 0.459 e. The number of likely N-dealkylation sites (N-methyl/N-ethyl adjacent to an activating group) is 1. The van der Waals surface area contributed by atoms with Gasteiger partial charge in [0.25, 0.3) is 5.67 Å². The number of ether oxygens (including phenoxy) is 1. The highest BCUT2D eigenvalue weighted by Crippen LogP contribution is 2.40. The lowest BCUT2D eigenvalue weighted by molar-refractivity contribution is -0.926. The monoisotopic (exact) mass is 402 g/mol. The van der Waals surface area contributed by atoms with Crippen LogP contribution in [0.2, 0.25) is 0 Å². The number of nitrogens with zero attached hydrogens (tertiary/aromatic N) is 1. The Labute approximate surface area is 168 Å². The minimum Gasteiger partial charge on any atom is -0.459 e. The number of alkyl halides is 1. The molecular weight excluding hydrogens is 379 g/mol. The van der Waals surface area contributed by atoms with E-state index in [2.05, 4.69) is 26.2 Å². The van der Waals surface area contributed by atoms with Crippen LogP contribution in [0.15, 0.2) is 60.7 Å². The lowest BCUT2D eigenvalue weighted by Gasteiger charge is -2.44. The van der Waals surface area contributed by atoms with Gasteiger partial charge in [0.2, 0.25) is 0 Å². The van der Waals surface area contributed by atoms with Crippen LogP contribution in [-0.4, -0.2) is 42.7 Å². The Morgan fingerprint density at radius 2 is 1.31 bits per heavy atom. The van der Waals surface area contributed by atoms with Crippen LogP contribution >= 0.6 is 0 Å². The van der Waals surface area contributed by atoms with E-state index in [0.29, 0.717) is 12.8 Å². The number of carbonyl (C=O) groups is 1. The van der Waals surface area contributed by atoms with Crippen molar-refractivity contribution in [2.75, 3.05) is 14.1 Å². The average Bonchev–Trinajstić information content (AvgIpc) is 2.85. The molecule has 2 aromatic carbocycles. The van der Waals surface area contributed by atoms with E-state index >= 15 is 4.39 Å². The van der Waals surface area contributed by atoms with Gasteiger partial charge in [-0.05, 0) is 36.4 Å². The molecule has 2 aliphatic heterocycles. The van der Waals surface area contributed by atoms with Crippen LogP contribution in [0.3, 0.4) is 0 Å². The van der Waals surface area contributed by atoms with E-state index in [9.17, 15) is 13.6 Å². The molecule has 0 amide bonds. The third kappa shape index (κ3) is 3.35. The standard InChI is InChI=1S/C23H23F3NO2/c1-27(2)19-11-12-20(27)14-21(13-19)29-22(28)23(26,15-3-7-17(24)8-4-15)16-5-9-18(25)10-6-16/h3-12,19-21H,13-14H2,1-2H3/q+1/t19-,20?,21?/m1/s1. The van der Waals surface area contributed by atoms with Crippen LogP contribution in [-0.2, 0) is 15.2 Å². The second kappa shape index (κ2) is 7.02. The first kappa shape index (κ1) is 19.7. The van der Waals surface area contributed by atoms with Crippen molar-refractivity contribution in [2.24, 2.45) is 0 Å². The Bertz CT molecular complexity index is 874. The molecule has 0 spiro atoms. The first-order valence-corrected chi connectivity index (χ1v) is 9.65. The number of quaternary nitrogens is 1. The number of piperidine rings is 1. The molecule has 0 N–H and O–H groups in total. The van der Waals surface area contributed by atoms with Crippen LogP contribution in [0.1, 0.15) is 24.0 Å². The Hall–Kier alpha value is -2.60. The fourth-order valence-electron chi connectivity index (χ4n) is 4.37. The van der Waals surface area contributed by atoms with Crippen LogP contribution in [0.25, 0.3) is 0 Å². The van der Waals surface area contributed by atoms with Gasteiger partial charge < -0.3 is 9.22 Å². The van der Waals surface area contributed by atoms with Gasteiger partial charge in [-0.3, -0.25) is 0 Å². The van der Waals surface area contributed by atoms with Gasteiger partial charge >= 0.3 is 5.97 Å².